The largest absolute Gasteiger partial charge is 0.343 e. The van der Waals surface area contributed by atoms with E-state index < -0.39 is 11.9 Å². The number of ether oxygens (including phenoxy) is 2. The molecule has 1 aliphatic rings. The Morgan fingerprint density at radius 1 is 1.50 bits per heavy atom. The van der Waals surface area contributed by atoms with Crippen LogP contribution in [-0.2, 0) is 9.47 Å². The van der Waals surface area contributed by atoms with E-state index in [4.69, 9.17) is 14.7 Å². The van der Waals surface area contributed by atoms with Gasteiger partial charge < -0.3 is 9.47 Å². The van der Waals surface area contributed by atoms with Gasteiger partial charge in [0.15, 0.2) is 11.9 Å². The maximum Gasteiger partial charge on any atom is 0.170 e. The van der Waals surface area contributed by atoms with Crippen molar-refractivity contribution in [3.05, 3.63) is 12.2 Å². The molecule has 1 fully saturated rings. The summed E-state index contributed by atoms with van der Waals surface area (Å²) in [6.07, 6.45) is -0.651. The Morgan fingerprint density at radius 3 is 2.58 bits per heavy atom. The van der Waals surface area contributed by atoms with Crippen LogP contribution in [0.4, 0.5) is 0 Å². The topological polar surface area (TPSA) is 42.2 Å². The number of hydrogen-bond donors (Lipinski definition) is 0. The first-order chi connectivity index (χ1) is 5.46. The van der Waals surface area contributed by atoms with E-state index in [9.17, 15) is 0 Å². The van der Waals surface area contributed by atoms with Crippen LogP contribution in [0, 0.1) is 11.3 Å². The molecule has 0 aromatic carbocycles. The predicted molar refractivity (Wildman–Crippen MR) is 44.3 cm³/mol. The molecule has 0 aromatic heterocycles. The highest BCUT2D eigenvalue weighted by atomic mass is 16.7. The third-order valence-electron chi connectivity index (χ3n) is 1.84. The molecule has 66 valence electrons. The molecule has 0 amide bonds. The number of hydrogen-bond acceptors (Lipinski definition) is 3. The number of nitriles is 1. The second-order valence-corrected chi connectivity index (χ2v) is 3.36. The Hall–Kier alpha value is -0.850. The van der Waals surface area contributed by atoms with Crippen LogP contribution in [0.2, 0.25) is 0 Å². The fourth-order valence-corrected chi connectivity index (χ4v) is 1.21. The van der Waals surface area contributed by atoms with Crippen molar-refractivity contribution in [1.82, 2.24) is 0 Å². The van der Waals surface area contributed by atoms with Crippen molar-refractivity contribution in [2.45, 2.75) is 38.8 Å². The van der Waals surface area contributed by atoms with Gasteiger partial charge in [0, 0.05) is 0 Å². The molecular formula is C9H13NO2. The van der Waals surface area contributed by atoms with E-state index in [-0.39, 0.29) is 6.10 Å². The van der Waals surface area contributed by atoms with Gasteiger partial charge in [-0.2, -0.15) is 5.26 Å². The Labute approximate surface area is 72.6 Å². The molecule has 12 heavy (non-hydrogen) atoms. The molecule has 1 saturated heterocycles. The van der Waals surface area contributed by atoms with E-state index in [1.165, 1.54) is 0 Å². The minimum Gasteiger partial charge on any atom is -0.343 e. The molecule has 1 heterocycles. The van der Waals surface area contributed by atoms with Crippen LogP contribution in [-0.4, -0.2) is 18.0 Å². The Balaban J connectivity index is 2.80. The maximum absolute atomic E-state index is 8.72. The molecule has 3 heteroatoms. The summed E-state index contributed by atoms with van der Waals surface area (Å²) in [5.41, 5.74) is 0.692. The van der Waals surface area contributed by atoms with E-state index in [1.807, 2.05) is 13.0 Å². The summed E-state index contributed by atoms with van der Waals surface area (Å²) in [6, 6.07) is 2.04. The quantitative estimate of drug-likeness (QED) is 0.515. The molecule has 0 N–H and O–H groups in total. The Kier molecular flexibility index (Phi) is 2.22. The van der Waals surface area contributed by atoms with Crippen LogP contribution in [0.3, 0.4) is 0 Å². The first-order valence-corrected chi connectivity index (χ1v) is 3.90. The van der Waals surface area contributed by atoms with Crippen molar-refractivity contribution >= 4 is 0 Å². The standard InChI is InChI=1S/C9H13NO2/c1-6-7(2)11-9(3,4)12-8(6)5-10/h7-8H,1H2,2-4H3/t7-,8?/m1/s1. The van der Waals surface area contributed by atoms with Crippen LogP contribution in [0.15, 0.2) is 12.2 Å². The van der Waals surface area contributed by atoms with Crippen LogP contribution < -0.4 is 0 Å². The van der Waals surface area contributed by atoms with Gasteiger partial charge >= 0.3 is 0 Å². The monoisotopic (exact) mass is 167 g/mol. The van der Waals surface area contributed by atoms with Crippen LogP contribution in [0.5, 0.6) is 0 Å². The summed E-state index contributed by atoms with van der Waals surface area (Å²) >= 11 is 0. The predicted octanol–water partition coefficient (Wildman–Crippen LogP) is 1.61. The fourth-order valence-electron chi connectivity index (χ4n) is 1.21. The number of nitrogens with zero attached hydrogens (tertiary/aromatic N) is 1. The highest BCUT2D eigenvalue weighted by Crippen LogP contribution is 2.28. The molecule has 0 aromatic rings. The molecule has 1 rings (SSSR count). The number of rotatable bonds is 0. The minimum atomic E-state index is -0.680. The van der Waals surface area contributed by atoms with Crippen molar-refractivity contribution in [2.24, 2.45) is 0 Å². The molecule has 1 unspecified atom stereocenters. The average molecular weight is 167 g/mol. The smallest absolute Gasteiger partial charge is 0.170 e. The maximum atomic E-state index is 8.72. The average Bonchev–Trinajstić information content (AvgIpc) is 1.96. The van der Waals surface area contributed by atoms with Gasteiger partial charge in [-0.15, -0.1) is 0 Å². The van der Waals surface area contributed by atoms with Crippen molar-refractivity contribution in [1.29, 1.82) is 5.26 Å². The molecule has 0 aliphatic carbocycles. The van der Waals surface area contributed by atoms with Crippen molar-refractivity contribution in [3.8, 4) is 6.07 Å². The van der Waals surface area contributed by atoms with Crippen LogP contribution in [0.1, 0.15) is 20.8 Å². The minimum absolute atomic E-state index is 0.113. The SMILES string of the molecule is C=C1C(C#N)OC(C)(C)O[C@@H]1C. The lowest BCUT2D eigenvalue weighted by molar-refractivity contribution is -0.262. The lowest BCUT2D eigenvalue weighted by Gasteiger charge is -2.38. The summed E-state index contributed by atoms with van der Waals surface area (Å²) in [5.74, 6) is -0.680. The summed E-state index contributed by atoms with van der Waals surface area (Å²) < 4.78 is 10.8. The zero-order chi connectivity index (χ0) is 9.35. The summed E-state index contributed by atoms with van der Waals surface area (Å²) in [7, 11) is 0. The zero-order valence-corrected chi connectivity index (χ0v) is 7.63. The Bertz CT molecular complexity index is 239. The summed E-state index contributed by atoms with van der Waals surface area (Å²) in [6.45, 7) is 9.20. The van der Waals surface area contributed by atoms with Gasteiger partial charge in [0.05, 0.1) is 12.2 Å². The van der Waals surface area contributed by atoms with Gasteiger partial charge in [-0.1, -0.05) is 6.58 Å². The molecular weight excluding hydrogens is 154 g/mol. The van der Waals surface area contributed by atoms with Crippen molar-refractivity contribution in [2.75, 3.05) is 0 Å². The van der Waals surface area contributed by atoms with Gasteiger partial charge in [0.2, 0.25) is 0 Å². The van der Waals surface area contributed by atoms with Gasteiger partial charge in [0.1, 0.15) is 0 Å². The molecule has 0 spiro atoms. The van der Waals surface area contributed by atoms with E-state index in [1.54, 1.807) is 13.8 Å². The second kappa shape index (κ2) is 2.89. The van der Waals surface area contributed by atoms with E-state index in [2.05, 4.69) is 6.58 Å². The molecule has 0 saturated carbocycles. The third-order valence-corrected chi connectivity index (χ3v) is 1.84. The van der Waals surface area contributed by atoms with E-state index in [0.29, 0.717) is 5.57 Å². The van der Waals surface area contributed by atoms with Crippen LogP contribution in [0.25, 0.3) is 0 Å². The molecule has 0 bridgehead atoms. The first-order valence-electron chi connectivity index (χ1n) is 3.90. The lowest BCUT2D eigenvalue weighted by atomic mass is 10.1. The highest BCUT2D eigenvalue weighted by Gasteiger charge is 2.36. The Morgan fingerprint density at radius 2 is 2.08 bits per heavy atom. The molecule has 3 nitrogen and oxygen atoms in total. The van der Waals surface area contributed by atoms with E-state index >= 15 is 0 Å². The van der Waals surface area contributed by atoms with Gasteiger partial charge in [-0.3, -0.25) is 0 Å². The third kappa shape index (κ3) is 1.66. The summed E-state index contributed by atoms with van der Waals surface area (Å²) in [4.78, 5) is 0. The lowest BCUT2D eigenvalue weighted by Crippen LogP contribution is -2.44. The normalized spacial score (nSPS) is 34.3. The fraction of sp³-hybridized carbons (Fsp3) is 0.667. The molecule has 1 aliphatic heterocycles. The van der Waals surface area contributed by atoms with Crippen LogP contribution >= 0.6 is 0 Å². The van der Waals surface area contributed by atoms with Gasteiger partial charge in [-0.05, 0) is 26.3 Å². The van der Waals surface area contributed by atoms with Gasteiger partial charge in [0.25, 0.3) is 0 Å². The van der Waals surface area contributed by atoms with Crippen molar-refractivity contribution in [3.63, 3.8) is 0 Å². The zero-order valence-electron chi connectivity index (χ0n) is 7.63. The molecule has 0 radical (unpaired) electrons. The van der Waals surface area contributed by atoms with E-state index in [0.717, 1.165) is 0 Å². The first kappa shape index (κ1) is 9.24. The summed E-state index contributed by atoms with van der Waals surface area (Å²) in [5, 5.41) is 8.72. The second-order valence-electron chi connectivity index (χ2n) is 3.36. The van der Waals surface area contributed by atoms with Gasteiger partial charge in [-0.25, -0.2) is 0 Å². The van der Waals surface area contributed by atoms with Crippen molar-refractivity contribution < 1.29 is 9.47 Å². The highest BCUT2D eigenvalue weighted by molar-refractivity contribution is 5.18. The molecule has 2 atom stereocenters.